The van der Waals surface area contributed by atoms with Crippen molar-refractivity contribution in [3.63, 3.8) is 0 Å². The minimum Gasteiger partial charge on any atom is -0.394 e. The lowest BCUT2D eigenvalue weighted by molar-refractivity contribution is -0.124. The third kappa shape index (κ3) is 3.18. The number of hydrogen-bond acceptors (Lipinski definition) is 3. The molecule has 2 aromatic rings. The van der Waals surface area contributed by atoms with Crippen LogP contribution in [0.4, 0.5) is 0 Å². The number of benzene rings is 1. The highest BCUT2D eigenvalue weighted by Crippen LogP contribution is 2.61. The van der Waals surface area contributed by atoms with Gasteiger partial charge < -0.3 is 21.1 Å². The largest absolute Gasteiger partial charge is 0.394 e. The molecule has 25 heavy (non-hydrogen) atoms. The maximum atomic E-state index is 12.7. The van der Waals surface area contributed by atoms with E-state index in [0.29, 0.717) is 12.5 Å². The molecule has 2 aliphatic rings. The molecule has 2 atom stereocenters. The number of fused-ring (bicyclic) bond motifs is 1. The molecule has 4 rings (SSSR count). The van der Waals surface area contributed by atoms with E-state index in [9.17, 15) is 9.90 Å². The van der Waals surface area contributed by atoms with Crippen molar-refractivity contribution in [2.45, 2.75) is 50.6 Å². The maximum absolute atomic E-state index is 12.7. The molecular formula is C20H27N3O2. The molecule has 1 amide bonds. The zero-order valence-electron chi connectivity index (χ0n) is 14.5. The maximum Gasteiger partial charge on any atom is 0.223 e. The molecule has 1 spiro atoms. The lowest BCUT2D eigenvalue weighted by Gasteiger charge is -2.27. The van der Waals surface area contributed by atoms with E-state index >= 15 is 0 Å². The molecule has 5 heteroatoms. The monoisotopic (exact) mass is 341 g/mol. The number of H-pyrrole nitrogens is 1. The highest BCUT2D eigenvalue weighted by atomic mass is 16.3. The molecule has 134 valence electrons. The minimum atomic E-state index is -0.241. The van der Waals surface area contributed by atoms with Crippen molar-refractivity contribution in [2.24, 2.45) is 17.1 Å². The normalized spacial score (nSPS) is 29.7. The van der Waals surface area contributed by atoms with Gasteiger partial charge in [-0.15, -0.1) is 0 Å². The van der Waals surface area contributed by atoms with E-state index in [1.807, 2.05) is 24.4 Å². The second kappa shape index (κ2) is 6.46. The van der Waals surface area contributed by atoms with Gasteiger partial charge in [0.15, 0.2) is 0 Å². The first-order valence-electron chi connectivity index (χ1n) is 9.33. The summed E-state index contributed by atoms with van der Waals surface area (Å²) in [7, 11) is 0. The summed E-state index contributed by atoms with van der Waals surface area (Å²) in [6.45, 7) is -0.0458. The van der Waals surface area contributed by atoms with E-state index in [1.165, 1.54) is 0 Å². The number of carbonyl (C=O) groups excluding carboxylic acids is 1. The quantitative estimate of drug-likeness (QED) is 0.671. The fourth-order valence-corrected chi connectivity index (χ4v) is 4.51. The van der Waals surface area contributed by atoms with Gasteiger partial charge in [0.25, 0.3) is 0 Å². The van der Waals surface area contributed by atoms with Gasteiger partial charge in [-0.2, -0.15) is 0 Å². The summed E-state index contributed by atoms with van der Waals surface area (Å²) in [6, 6.07) is 8.17. The number of rotatable bonds is 5. The second-order valence-corrected chi connectivity index (χ2v) is 7.91. The highest BCUT2D eigenvalue weighted by Gasteiger charge is 2.58. The number of aliphatic hydroxyl groups is 1. The predicted octanol–water partition coefficient (Wildman–Crippen LogP) is 2.10. The van der Waals surface area contributed by atoms with Crippen LogP contribution in [0.1, 0.15) is 37.7 Å². The van der Waals surface area contributed by atoms with Gasteiger partial charge in [0.05, 0.1) is 12.6 Å². The van der Waals surface area contributed by atoms with Crippen molar-refractivity contribution in [1.29, 1.82) is 0 Å². The van der Waals surface area contributed by atoms with Crippen LogP contribution in [0.3, 0.4) is 0 Å². The molecule has 5 nitrogen and oxygen atoms in total. The zero-order chi connectivity index (χ0) is 17.4. The molecule has 5 N–H and O–H groups in total. The van der Waals surface area contributed by atoms with Gasteiger partial charge in [-0.05, 0) is 55.6 Å². The molecular weight excluding hydrogens is 314 g/mol. The van der Waals surface area contributed by atoms with Crippen molar-refractivity contribution >= 4 is 16.8 Å². The standard InChI is InChI=1S/C20H27N3O2/c21-14-5-7-20(8-6-14)10-17(20)19(25)23-15(12-24)9-13-11-22-18-4-2-1-3-16(13)18/h1-4,11,14-15,17,22,24H,5-10,12,21H2,(H,23,25). The summed E-state index contributed by atoms with van der Waals surface area (Å²) in [5.41, 5.74) is 8.40. The van der Waals surface area contributed by atoms with E-state index in [2.05, 4.69) is 16.4 Å². The van der Waals surface area contributed by atoms with Crippen LogP contribution in [0, 0.1) is 11.3 Å². The van der Waals surface area contributed by atoms with Gasteiger partial charge in [0, 0.05) is 29.1 Å². The average molecular weight is 341 g/mol. The third-order valence-corrected chi connectivity index (χ3v) is 6.24. The van der Waals surface area contributed by atoms with Crippen LogP contribution in [0.15, 0.2) is 30.5 Å². The highest BCUT2D eigenvalue weighted by molar-refractivity contribution is 5.84. The van der Waals surface area contributed by atoms with E-state index in [-0.39, 0.29) is 29.9 Å². The Bertz CT molecular complexity index is 761. The Labute approximate surface area is 148 Å². The summed E-state index contributed by atoms with van der Waals surface area (Å²) in [4.78, 5) is 15.9. The number of amides is 1. The molecule has 2 aliphatic carbocycles. The van der Waals surface area contributed by atoms with E-state index in [4.69, 9.17) is 5.73 Å². The Morgan fingerprint density at radius 2 is 2.12 bits per heavy atom. The second-order valence-electron chi connectivity index (χ2n) is 7.91. The topological polar surface area (TPSA) is 91.1 Å². The van der Waals surface area contributed by atoms with Crippen molar-refractivity contribution in [1.82, 2.24) is 10.3 Å². The van der Waals surface area contributed by atoms with Crippen molar-refractivity contribution < 1.29 is 9.90 Å². The number of aromatic amines is 1. The van der Waals surface area contributed by atoms with Crippen LogP contribution in [0.25, 0.3) is 10.9 Å². The lowest BCUT2D eigenvalue weighted by Crippen LogP contribution is -2.41. The Kier molecular flexibility index (Phi) is 4.29. The smallest absolute Gasteiger partial charge is 0.223 e. The number of para-hydroxylation sites is 1. The molecule has 1 aromatic heterocycles. The van der Waals surface area contributed by atoms with E-state index in [0.717, 1.165) is 48.6 Å². The first kappa shape index (κ1) is 16.6. The van der Waals surface area contributed by atoms with Crippen LogP contribution in [-0.2, 0) is 11.2 Å². The summed E-state index contributed by atoms with van der Waals surface area (Å²) >= 11 is 0. The summed E-state index contributed by atoms with van der Waals surface area (Å²) < 4.78 is 0. The lowest BCUT2D eigenvalue weighted by atomic mass is 9.82. The summed E-state index contributed by atoms with van der Waals surface area (Å²) in [5, 5.41) is 14.0. The first-order valence-corrected chi connectivity index (χ1v) is 9.33. The molecule has 0 saturated heterocycles. The fraction of sp³-hybridized carbons (Fsp3) is 0.550. The van der Waals surface area contributed by atoms with E-state index < -0.39 is 0 Å². The van der Waals surface area contributed by atoms with Gasteiger partial charge in [0.1, 0.15) is 0 Å². The van der Waals surface area contributed by atoms with Gasteiger partial charge in [-0.3, -0.25) is 4.79 Å². The van der Waals surface area contributed by atoms with Crippen LogP contribution >= 0.6 is 0 Å². The molecule has 2 fully saturated rings. The molecule has 1 heterocycles. The number of hydrogen-bond donors (Lipinski definition) is 4. The Hall–Kier alpha value is -1.85. The number of nitrogens with one attached hydrogen (secondary N) is 2. The fourth-order valence-electron chi connectivity index (χ4n) is 4.51. The van der Waals surface area contributed by atoms with Gasteiger partial charge in [-0.1, -0.05) is 18.2 Å². The van der Waals surface area contributed by atoms with Gasteiger partial charge in [0.2, 0.25) is 5.91 Å². The van der Waals surface area contributed by atoms with Gasteiger partial charge >= 0.3 is 0 Å². The third-order valence-electron chi connectivity index (χ3n) is 6.24. The van der Waals surface area contributed by atoms with Crippen molar-refractivity contribution in [3.05, 3.63) is 36.0 Å². The first-order chi connectivity index (χ1) is 12.1. The number of carbonyl (C=O) groups is 1. The van der Waals surface area contributed by atoms with E-state index in [1.54, 1.807) is 0 Å². The van der Waals surface area contributed by atoms with Crippen molar-refractivity contribution in [3.8, 4) is 0 Å². The molecule has 0 bridgehead atoms. The van der Waals surface area contributed by atoms with Gasteiger partial charge in [-0.25, -0.2) is 0 Å². The average Bonchev–Trinajstić information content (AvgIpc) is 3.20. The zero-order valence-corrected chi connectivity index (χ0v) is 14.5. The molecule has 0 radical (unpaired) electrons. The van der Waals surface area contributed by atoms with Crippen LogP contribution in [0.5, 0.6) is 0 Å². The van der Waals surface area contributed by atoms with Crippen LogP contribution in [0.2, 0.25) is 0 Å². The minimum absolute atomic E-state index is 0.0458. The molecule has 0 aliphatic heterocycles. The summed E-state index contributed by atoms with van der Waals surface area (Å²) in [5.74, 6) is 0.214. The SMILES string of the molecule is NC1CCC2(CC1)CC2C(=O)NC(CO)Cc1c[nH]c2ccccc12. The molecule has 2 unspecified atom stereocenters. The Morgan fingerprint density at radius 1 is 1.36 bits per heavy atom. The Morgan fingerprint density at radius 3 is 2.88 bits per heavy atom. The van der Waals surface area contributed by atoms with Crippen molar-refractivity contribution in [2.75, 3.05) is 6.61 Å². The predicted molar refractivity (Wildman–Crippen MR) is 98.0 cm³/mol. The number of aliphatic hydroxyl groups excluding tert-OH is 1. The molecule has 2 saturated carbocycles. The summed E-state index contributed by atoms with van der Waals surface area (Å²) in [6.07, 6.45) is 7.79. The molecule has 1 aromatic carbocycles. The Balaban J connectivity index is 1.38. The van der Waals surface area contributed by atoms with Crippen LogP contribution < -0.4 is 11.1 Å². The number of aromatic nitrogens is 1. The van der Waals surface area contributed by atoms with Crippen LogP contribution in [-0.4, -0.2) is 34.7 Å². The number of nitrogens with two attached hydrogens (primary N) is 1.